The lowest BCUT2D eigenvalue weighted by atomic mass is 9.89. The third-order valence-corrected chi connectivity index (χ3v) is 6.96. The van der Waals surface area contributed by atoms with Crippen LogP contribution in [0.15, 0.2) is 0 Å². The SMILES string of the molecule is CC(C)C[C@H](NC(=O)[C@@H]1COCCCCCC(=O)N2CC[C@H]2C(=O)C1)C(=O)C1(C)CC1. The Kier molecular flexibility index (Phi) is 7.89. The van der Waals surface area contributed by atoms with Crippen LogP contribution >= 0.6 is 0 Å². The maximum Gasteiger partial charge on any atom is 0.226 e. The monoisotopic (exact) mass is 434 g/mol. The summed E-state index contributed by atoms with van der Waals surface area (Å²) in [5.41, 5.74) is -0.323. The van der Waals surface area contributed by atoms with Crippen LogP contribution in [0.5, 0.6) is 0 Å². The summed E-state index contributed by atoms with van der Waals surface area (Å²) < 4.78 is 5.74. The van der Waals surface area contributed by atoms with Crippen molar-refractivity contribution in [3.63, 3.8) is 0 Å². The highest BCUT2D eigenvalue weighted by molar-refractivity contribution is 5.97. The second kappa shape index (κ2) is 10.2. The smallest absolute Gasteiger partial charge is 0.226 e. The molecule has 1 saturated carbocycles. The molecule has 0 bridgehead atoms. The van der Waals surface area contributed by atoms with Gasteiger partial charge in [0, 0.05) is 31.4 Å². The van der Waals surface area contributed by atoms with Crippen molar-refractivity contribution in [2.75, 3.05) is 19.8 Å². The van der Waals surface area contributed by atoms with Crippen molar-refractivity contribution in [3.05, 3.63) is 0 Å². The quantitative estimate of drug-likeness (QED) is 0.694. The van der Waals surface area contributed by atoms with Gasteiger partial charge in [-0.25, -0.2) is 0 Å². The molecule has 7 nitrogen and oxygen atoms in total. The summed E-state index contributed by atoms with van der Waals surface area (Å²) in [5.74, 6) is -0.607. The molecule has 0 aromatic carbocycles. The summed E-state index contributed by atoms with van der Waals surface area (Å²) >= 11 is 0. The van der Waals surface area contributed by atoms with Crippen molar-refractivity contribution in [1.82, 2.24) is 10.2 Å². The van der Waals surface area contributed by atoms with Crippen LogP contribution in [0.2, 0.25) is 0 Å². The molecule has 3 aliphatic rings. The minimum absolute atomic E-state index is 0.0334. The van der Waals surface area contributed by atoms with Crippen molar-refractivity contribution in [3.8, 4) is 0 Å². The minimum Gasteiger partial charge on any atom is -0.381 e. The molecule has 2 heterocycles. The summed E-state index contributed by atoms with van der Waals surface area (Å²) in [6, 6.07) is -0.941. The molecule has 174 valence electrons. The zero-order chi connectivity index (χ0) is 22.6. The molecule has 0 unspecified atom stereocenters. The van der Waals surface area contributed by atoms with Crippen LogP contribution in [-0.2, 0) is 23.9 Å². The molecule has 0 spiro atoms. The maximum atomic E-state index is 13.2. The van der Waals surface area contributed by atoms with E-state index in [9.17, 15) is 19.2 Å². The fourth-order valence-corrected chi connectivity index (χ4v) is 4.50. The Morgan fingerprint density at radius 3 is 2.55 bits per heavy atom. The molecule has 1 N–H and O–H groups in total. The van der Waals surface area contributed by atoms with Gasteiger partial charge in [0.05, 0.1) is 24.6 Å². The van der Waals surface area contributed by atoms with Crippen LogP contribution in [0.4, 0.5) is 0 Å². The molecule has 2 aliphatic heterocycles. The van der Waals surface area contributed by atoms with E-state index in [1.165, 1.54) is 0 Å². The van der Waals surface area contributed by atoms with E-state index in [2.05, 4.69) is 5.32 Å². The van der Waals surface area contributed by atoms with Crippen LogP contribution in [0.3, 0.4) is 0 Å². The second-order valence-corrected chi connectivity index (χ2v) is 10.3. The van der Waals surface area contributed by atoms with Crippen molar-refractivity contribution in [1.29, 1.82) is 0 Å². The van der Waals surface area contributed by atoms with Crippen LogP contribution < -0.4 is 5.32 Å². The number of ether oxygens (including phenoxy) is 1. The predicted molar refractivity (Wildman–Crippen MR) is 116 cm³/mol. The summed E-state index contributed by atoms with van der Waals surface area (Å²) in [6.45, 7) is 7.32. The van der Waals surface area contributed by atoms with Crippen LogP contribution in [0.1, 0.15) is 78.6 Å². The number of fused-ring (bicyclic) bond motifs is 1. The van der Waals surface area contributed by atoms with Crippen molar-refractivity contribution >= 4 is 23.4 Å². The van der Waals surface area contributed by atoms with Crippen LogP contribution in [-0.4, -0.2) is 60.1 Å². The van der Waals surface area contributed by atoms with E-state index in [1.807, 2.05) is 20.8 Å². The van der Waals surface area contributed by atoms with Gasteiger partial charge in [-0.05, 0) is 44.4 Å². The number of Topliss-reactive ketones (excluding diaryl/α,β-unsaturated/α-hetero) is 2. The van der Waals surface area contributed by atoms with Gasteiger partial charge in [-0.2, -0.15) is 0 Å². The summed E-state index contributed by atoms with van der Waals surface area (Å²) in [4.78, 5) is 53.1. The molecule has 7 heteroatoms. The molecule has 0 radical (unpaired) electrons. The number of ketones is 2. The fourth-order valence-electron chi connectivity index (χ4n) is 4.50. The van der Waals surface area contributed by atoms with Gasteiger partial charge in [-0.1, -0.05) is 27.2 Å². The maximum absolute atomic E-state index is 13.2. The summed E-state index contributed by atoms with van der Waals surface area (Å²) in [7, 11) is 0. The highest BCUT2D eigenvalue weighted by Gasteiger charge is 2.48. The number of rotatable bonds is 6. The number of hydrogen-bond acceptors (Lipinski definition) is 5. The first-order valence-electron chi connectivity index (χ1n) is 12.0. The van der Waals surface area contributed by atoms with Gasteiger partial charge >= 0.3 is 0 Å². The molecule has 0 aromatic heterocycles. The van der Waals surface area contributed by atoms with Gasteiger partial charge in [0.15, 0.2) is 11.6 Å². The average molecular weight is 435 g/mol. The Morgan fingerprint density at radius 1 is 1.19 bits per heavy atom. The predicted octanol–water partition coefficient (Wildman–Crippen LogP) is 2.65. The van der Waals surface area contributed by atoms with E-state index in [0.29, 0.717) is 32.4 Å². The average Bonchev–Trinajstić information content (AvgIpc) is 3.41. The van der Waals surface area contributed by atoms with Gasteiger partial charge < -0.3 is 15.0 Å². The first-order chi connectivity index (χ1) is 14.7. The number of hydrogen-bond donors (Lipinski definition) is 1. The lowest BCUT2D eigenvalue weighted by Crippen LogP contribution is -2.56. The Labute approximate surface area is 185 Å². The Balaban J connectivity index is 1.68. The topological polar surface area (TPSA) is 92.8 Å². The van der Waals surface area contributed by atoms with Gasteiger partial charge in [0.1, 0.15) is 0 Å². The van der Waals surface area contributed by atoms with E-state index < -0.39 is 18.0 Å². The van der Waals surface area contributed by atoms with Crippen molar-refractivity contribution in [2.45, 2.75) is 90.6 Å². The van der Waals surface area contributed by atoms with E-state index in [4.69, 9.17) is 4.74 Å². The number of carbonyl (C=O) groups excluding carboxylic acids is 4. The first kappa shape index (κ1) is 23.9. The second-order valence-electron chi connectivity index (χ2n) is 10.3. The van der Waals surface area contributed by atoms with Gasteiger partial charge in [-0.3, -0.25) is 19.2 Å². The molecule has 0 aromatic rings. The first-order valence-corrected chi connectivity index (χ1v) is 12.0. The third-order valence-electron chi connectivity index (χ3n) is 6.96. The number of carbonyl (C=O) groups is 4. The molecular formula is C24H38N2O5. The standard InChI is InChI=1S/C24H38N2O5/c1-16(2)13-18(22(29)24(3)9-10-24)25-23(30)17-14-20(27)19-8-11-26(19)21(28)7-5-4-6-12-31-15-17/h16-19H,4-15H2,1-3H3,(H,25,30)/t17-,18-,19-/m0/s1. The van der Waals surface area contributed by atoms with E-state index in [0.717, 1.165) is 32.1 Å². The van der Waals surface area contributed by atoms with Crippen molar-refractivity contribution < 1.29 is 23.9 Å². The van der Waals surface area contributed by atoms with Crippen LogP contribution in [0, 0.1) is 17.3 Å². The number of amides is 2. The molecule has 3 rings (SSSR count). The summed E-state index contributed by atoms with van der Waals surface area (Å²) in [5, 5.41) is 2.96. The molecule has 2 saturated heterocycles. The lowest BCUT2D eigenvalue weighted by Gasteiger charge is -2.40. The lowest BCUT2D eigenvalue weighted by molar-refractivity contribution is -0.147. The molecular weight excluding hydrogens is 396 g/mol. The molecule has 3 fully saturated rings. The largest absolute Gasteiger partial charge is 0.381 e. The normalized spacial score (nSPS) is 27.8. The zero-order valence-corrected chi connectivity index (χ0v) is 19.3. The highest BCUT2D eigenvalue weighted by Crippen LogP contribution is 2.47. The third kappa shape index (κ3) is 6.15. The van der Waals surface area contributed by atoms with Gasteiger partial charge in [-0.15, -0.1) is 0 Å². The fraction of sp³-hybridized carbons (Fsp3) is 0.833. The molecule has 2 amide bonds. The van der Waals surface area contributed by atoms with E-state index in [-0.39, 0.29) is 47.7 Å². The Hall–Kier alpha value is -1.76. The number of nitrogens with one attached hydrogen (secondary N) is 1. The molecule has 31 heavy (non-hydrogen) atoms. The van der Waals surface area contributed by atoms with Crippen molar-refractivity contribution in [2.24, 2.45) is 17.3 Å². The molecule has 1 aliphatic carbocycles. The Morgan fingerprint density at radius 2 is 1.94 bits per heavy atom. The minimum atomic E-state index is -0.639. The van der Waals surface area contributed by atoms with Gasteiger partial charge in [0.25, 0.3) is 0 Å². The van der Waals surface area contributed by atoms with E-state index in [1.54, 1.807) is 4.90 Å². The number of nitrogens with zero attached hydrogens (tertiary/aromatic N) is 1. The highest BCUT2D eigenvalue weighted by atomic mass is 16.5. The Bertz CT molecular complexity index is 700. The molecule has 3 atom stereocenters. The summed E-state index contributed by atoms with van der Waals surface area (Å²) in [6.07, 6.45) is 6.00. The zero-order valence-electron chi connectivity index (χ0n) is 19.3. The van der Waals surface area contributed by atoms with Gasteiger partial charge in [0.2, 0.25) is 11.8 Å². The van der Waals surface area contributed by atoms with Crippen LogP contribution in [0.25, 0.3) is 0 Å². The van der Waals surface area contributed by atoms with E-state index >= 15 is 0 Å².